The van der Waals surface area contributed by atoms with Gasteiger partial charge in [-0.3, -0.25) is 0 Å². The standard InChI is InChI=1S/C16H26ClNO3S/c1-4-6-10-15(19)16(12(3)5-2)18-22(20,21)14-9-7-8-13(17)11-14/h7-9,11-12,15-16,18-19H,4-6,10H2,1-3H3/t12-,15?,16-/m0/s1. The number of rotatable bonds is 9. The lowest BCUT2D eigenvalue weighted by Crippen LogP contribution is -2.47. The Balaban J connectivity index is 2.97. The summed E-state index contributed by atoms with van der Waals surface area (Å²) in [7, 11) is -3.70. The van der Waals surface area contributed by atoms with Gasteiger partial charge in [0.25, 0.3) is 0 Å². The van der Waals surface area contributed by atoms with Crippen molar-refractivity contribution in [3.05, 3.63) is 29.3 Å². The first kappa shape index (κ1) is 19.4. The van der Waals surface area contributed by atoms with Crippen molar-refractivity contribution in [3.8, 4) is 0 Å². The first-order valence-corrected chi connectivity index (χ1v) is 9.63. The molecule has 0 saturated carbocycles. The van der Waals surface area contributed by atoms with Gasteiger partial charge in [-0.25, -0.2) is 13.1 Å². The van der Waals surface area contributed by atoms with Gasteiger partial charge in [-0.15, -0.1) is 0 Å². The van der Waals surface area contributed by atoms with Crippen molar-refractivity contribution in [2.24, 2.45) is 5.92 Å². The van der Waals surface area contributed by atoms with E-state index < -0.39 is 22.2 Å². The molecule has 0 spiro atoms. The van der Waals surface area contributed by atoms with Crippen LogP contribution in [0.1, 0.15) is 46.5 Å². The van der Waals surface area contributed by atoms with Gasteiger partial charge < -0.3 is 5.11 Å². The summed E-state index contributed by atoms with van der Waals surface area (Å²) in [5.74, 6) is 0.0424. The maximum atomic E-state index is 12.5. The Morgan fingerprint density at radius 1 is 1.32 bits per heavy atom. The van der Waals surface area contributed by atoms with E-state index >= 15 is 0 Å². The predicted octanol–water partition coefficient (Wildman–Crippen LogP) is 3.58. The fourth-order valence-electron chi connectivity index (χ4n) is 2.30. The maximum Gasteiger partial charge on any atom is 0.240 e. The molecular formula is C16H26ClNO3S. The average molecular weight is 348 g/mol. The van der Waals surface area contributed by atoms with Gasteiger partial charge in [0.15, 0.2) is 0 Å². The lowest BCUT2D eigenvalue weighted by atomic mass is 9.92. The van der Waals surface area contributed by atoms with E-state index in [2.05, 4.69) is 4.72 Å². The molecule has 0 amide bonds. The van der Waals surface area contributed by atoms with Crippen molar-refractivity contribution < 1.29 is 13.5 Å². The molecule has 0 aliphatic carbocycles. The van der Waals surface area contributed by atoms with Crippen LogP contribution in [0.3, 0.4) is 0 Å². The number of aliphatic hydroxyl groups is 1. The van der Waals surface area contributed by atoms with E-state index in [-0.39, 0.29) is 10.8 Å². The van der Waals surface area contributed by atoms with Gasteiger partial charge in [-0.2, -0.15) is 0 Å². The number of benzene rings is 1. The molecule has 0 aromatic heterocycles. The molecule has 0 bridgehead atoms. The summed E-state index contributed by atoms with van der Waals surface area (Å²) in [5, 5.41) is 10.7. The molecule has 0 fully saturated rings. The number of nitrogens with one attached hydrogen (secondary N) is 1. The van der Waals surface area contributed by atoms with Crippen LogP contribution in [-0.2, 0) is 10.0 Å². The van der Waals surface area contributed by atoms with E-state index in [1.54, 1.807) is 12.1 Å². The van der Waals surface area contributed by atoms with Crippen LogP contribution in [0.25, 0.3) is 0 Å². The van der Waals surface area contributed by atoms with Crippen molar-refractivity contribution in [3.63, 3.8) is 0 Å². The smallest absolute Gasteiger partial charge is 0.240 e. The molecule has 0 radical (unpaired) electrons. The van der Waals surface area contributed by atoms with E-state index in [1.807, 2.05) is 20.8 Å². The third kappa shape index (κ3) is 5.54. The quantitative estimate of drug-likeness (QED) is 0.717. The van der Waals surface area contributed by atoms with Gasteiger partial charge in [0, 0.05) is 5.02 Å². The van der Waals surface area contributed by atoms with Gasteiger partial charge >= 0.3 is 0 Å². The molecule has 0 aliphatic heterocycles. The molecule has 126 valence electrons. The van der Waals surface area contributed by atoms with E-state index in [1.165, 1.54) is 12.1 Å². The molecule has 22 heavy (non-hydrogen) atoms. The number of unbranched alkanes of at least 4 members (excludes halogenated alkanes) is 1. The van der Waals surface area contributed by atoms with Crippen LogP contribution in [0.5, 0.6) is 0 Å². The van der Waals surface area contributed by atoms with Gasteiger partial charge in [-0.05, 0) is 30.5 Å². The summed E-state index contributed by atoms with van der Waals surface area (Å²) in [6.07, 6.45) is 2.51. The minimum Gasteiger partial charge on any atom is -0.391 e. The van der Waals surface area contributed by atoms with Crippen LogP contribution < -0.4 is 4.72 Å². The Labute approximate surface area is 138 Å². The molecule has 1 rings (SSSR count). The fourth-order valence-corrected chi connectivity index (χ4v) is 3.98. The molecule has 1 aromatic rings. The van der Waals surface area contributed by atoms with Crippen LogP contribution in [0.15, 0.2) is 29.2 Å². The largest absolute Gasteiger partial charge is 0.391 e. The van der Waals surface area contributed by atoms with E-state index in [0.717, 1.165) is 19.3 Å². The second kappa shape index (κ2) is 8.87. The fraction of sp³-hybridized carbons (Fsp3) is 0.625. The lowest BCUT2D eigenvalue weighted by Gasteiger charge is -2.29. The Bertz CT molecular complexity index is 562. The summed E-state index contributed by atoms with van der Waals surface area (Å²) < 4.78 is 27.7. The van der Waals surface area contributed by atoms with Crippen LogP contribution in [0.4, 0.5) is 0 Å². The average Bonchev–Trinajstić information content (AvgIpc) is 2.49. The number of hydrogen-bond donors (Lipinski definition) is 2. The van der Waals surface area contributed by atoms with Crippen LogP contribution in [0, 0.1) is 5.92 Å². The molecule has 1 unspecified atom stereocenters. The maximum absolute atomic E-state index is 12.5. The number of sulfonamides is 1. The van der Waals surface area contributed by atoms with Crippen molar-refractivity contribution in [2.75, 3.05) is 0 Å². The number of aliphatic hydroxyl groups excluding tert-OH is 1. The molecular weight excluding hydrogens is 322 g/mol. The third-order valence-electron chi connectivity index (χ3n) is 3.92. The molecule has 4 nitrogen and oxygen atoms in total. The van der Waals surface area contributed by atoms with Gasteiger partial charge in [-0.1, -0.05) is 57.7 Å². The van der Waals surface area contributed by atoms with Crippen molar-refractivity contribution >= 4 is 21.6 Å². The highest BCUT2D eigenvalue weighted by atomic mass is 35.5. The zero-order chi connectivity index (χ0) is 16.8. The predicted molar refractivity (Wildman–Crippen MR) is 90.5 cm³/mol. The van der Waals surface area contributed by atoms with Crippen molar-refractivity contribution in [1.29, 1.82) is 0 Å². The summed E-state index contributed by atoms with van der Waals surface area (Å²) >= 11 is 5.87. The Morgan fingerprint density at radius 2 is 2.00 bits per heavy atom. The van der Waals surface area contributed by atoms with Crippen LogP contribution >= 0.6 is 11.6 Å². The molecule has 2 N–H and O–H groups in total. The molecule has 0 heterocycles. The third-order valence-corrected chi connectivity index (χ3v) is 5.61. The van der Waals surface area contributed by atoms with E-state index in [4.69, 9.17) is 11.6 Å². The molecule has 0 aliphatic rings. The highest BCUT2D eigenvalue weighted by Crippen LogP contribution is 2.20. The van der Waals surface area contributed by atoms with Crippen molar-refractivity contribution in [2.45, 2.75) is 63.5 Å². The summed E-state index contributed by atoms with van der Waals surface area (Å²) in [6.45, 7) is 5.97. The van der Waals surface area contributed by atoms with E-state index in [0.29, 0.717) is 11.4 Å². The normalized spacial score (nSPS) is 16.2. The Hall–Kier alpha value is -0.620. The number of halogens is 1. The topological polar surface area (TPSA) is 66.4 Å². The van der Waals surface area contributed by atoms with Crippen LogP contribution in [0.2, 0.25) is 5.02 Å². The highest BCUT2D eigenvalue weighted by Gasteiger charge is 2.29. The van der Waals surface area contributed by atoms with Crippen LogP contribution in [-0.4, -0.2) is 25.7 Å². The van der Waals surface area contributed by atoms with Gasteiger partial charge in [0.05, 0.1) is 17.0 Å². The monoisotopic (exact) mass is 347 g/mol. The first-order chi connectivity index (χ1) is 10.3. The summed E-state index contributed by atoms with van der Waals surface area (Å²) in [5.41, 5.74) is 0. The molecule has 6 heteroatoms. The Kier molecular flexibility index (Phi) is 7.83. The second-order valence-electron chi connectivity index (χ2n) is 5.70. The summed E-state index contributed by atoms with van der Waals surface area (Å²) in [4.78, 5) is 0.121. The first-order valence-electron chi connectivity index (χ1n) is 7.77. The minimum atomic E-state index is -3.70. The molecule has 1 aromatic carbocycles. The van der Waals surface area contributed by atoms with E-state index in [9.17, 15) is 13.5 Å². The van der Waals surface area contributed by atoms with Gasteiger partial charge in [0.1, 0.15) is 0 Å². The molecule has 3 atom stereocenters. The lowest BCUT2D eigenvalue weighted by molar-refractivity contribution is 0.101. The zero-order valence-electron chi connectivity index (χ0n) is 13.4. The Morgan fingerprint density at radius 3 is 2.55 bits per heavy atom. The number of hydrogen-bond acceptors (Lipinski definition) is 3. The highest BCUT2D eigenvalue weighted by molar-refractivity contribution is 7.89. The van der Waals surface area contributed by atoms with Gasteiger partial charge in [0.2, 0.25) is 10.0 Å². The minimum absolute atomic E-state index is 0.0424. The second-order valence-corrected chi connectivity index (χ2v) is 7.85. The summed E-state index contributed by atoms with van der Waals surface area (Å²) in [6, 6.07) is 5.64. The zero-order valence-corrected chi connectivity index (χ0v) is 15.0. The van der Waals surface area contributed by atoms with Crippen molar-refractivity contribution in [1.82, 2.24) is 4.72 Å². The SMILES string of the molecule is CCCCC(O)[C@@H](NS(=O)(=O)c1cccc(Cl)c1)[C@@H](C)CC. The molecule has 0 saturated heterocycles.